The Morgan fingerprint density at radius 3 is 2.28 bits per heavy atom. The Kier molecular flexibility index (Phi) is 7.59. The van der Waals surface area contributed by atoms with Crippen molar-refractivity contribution < 1.29 is 4.79 Å². The Balaban J connectivity index is 1.24. The van der Waals surface area contributed by atoms with Gasteiger partial charge in [-0.2, -0.15) is 5.10 Å². The van der Waals surface area contributed by atoms with Crippen LogP contribution in [0.25, 0.3) is 0 Å². The van der Waals surface area contributed by atoms with Gasteiger partial charge in [0.25, 0.3) is 5.91 Å². The van der Waals surface area contributed by atoms with Crippen LogP contribution in [0.5, 0.6) is 0 Å². The number of thioether (sulfide) groups is 1. The summed E-state index contributed by atoms with van der Waals surface area (Å²) in [5, 5.41) is 4.08. The zero-order chi connectivity index (χ0) is 22.2. The molecule has 0 aliphatic carbocycles. The number of piperazine rings is 1. The third-order valence-electron chi connectivity index (χ3n) is 5.61. The van der Waals surface area contributed by atoms with E-state index in [0.29, 0.717) is 5.56 Å². The van der Waals surface area contributed by atoms with E-state index in [1.807, 2.05) is 54.8 Å². The van der Waals surface area contributed by atoms with Gasteiger partial charge in [0.15, 0.2) is 0 Å². The smallest absolute Gasteiger partial charge is 0.271 e. The maximum Gasteiger partial charge on any atom is 0.271 e. The Labute approximate surface area is 194 Å². The second kappa shape index (κ2) is 11.0. The van der Waals surface area contributed by atoms with Gasteiger partial charge in [-0.3, -0.25) is 9.69 Å². The molecule has 0 bridgehead atoms. The fourth-order valence-electron chi connectivity index (χ4n) is 3.74. The van der Waals surface area contributed by atoms with Gasteiger partial charge in [-0.05, 0) is 53.8 Å². The summed E-state index contributed by atoms with van der Waals surface area (Å²) < 4.78 is 0. The SMILES string of the molecule is CSc1ccc(/C=N/NC(=O)c2ccc(CN3CCN(c4ccccc4)CC3)cc2)cc1. The van der Waals surface area contributed by atoms with Crippen LogP contribution in [0.3, 0.4) is 0 Å². The normalized spacial score (nSPS) is 14.6. The summed E-state index contributed by atoms with van der Waals surface area (Å²) >= 11 is 1.70. The molecule has 164 valence electrons. The highest BCUT2D eigenvalue weighted by molar-refractivity contribution is 7.98. The number of rotatable bonds is 7. The topological polar surface area (TPSA) is 47.9 Å². The van der Waals surface area contributed by atoms with E-state index in [4.69, 9.17) is 0 Å². The van der Waals surface area contributed by atoms with Crippen molar-refractivity contribution in [1.82, 2.24) is 10.3 Å². The first-order valence-corrected chi connectivity index (χ1v) is 12.0. The molecule has 32 heavy (non-hydrogen) atoms. The standard InChI is InChI=1S/C26H28N4OS/c1-32-25-13-9-21(10-14-25)19-27-28-26(31)23-11-7-22(8-12-23)20-29-15-17-30(18-16-29)24-5-3-2-4-6-24/h2-14,19H,15-18,20H2,1H3,(H,28,31)/b27-19+. The minimum absolute atomic E-state index is 0.204. The van der Waals surface area contributed by atoms with E-state index in [9.17, 15) is 4.79 Å². The number of para-hydroxylation sites is 1. The number of amides is 1. The highest BCUT2D eigenvalue weighted by atomic mass is 32.2. The molecule has 0 radical (unpaired) electrons. The number of carbonyl (C=O) groups excluding carboxylic acids is 1. The average Bonchev–Trinajstić information content (AvgIpc) is 2.86. The van der Waals surface area contributed by atoms with Crippen molar-refractivity contribution in [3.05, 3.63) is 95.6 Å². The molecule has 5 nitrogen and oxygen atoms in total. The molecule has 1 N–H and O–H groups in total. The lowest BCUT2D eigenvalue weighted by molar-refractivity contribution is 0.0955. The summed E-state index contributed by atoms with van der Waals surface area (Å²) in [7, 11) is 0. The molecule has 3 aromatic carbocycles. The second-order valence-electron chi connectivity index (χ2n) is 7.77. The van der Waals surface area contributed by atoms with E-state index < -0.39 is 0 Å². The fourth-order valence-corrected chi connectivity index (χ4v) is 4.15. The number of anilines is 1. The van der Waals surface area contributed by atoms with Crippen LogP contribution < -0.4 is 10.3 Å². The highest BCUT2D eigenvalue weighted by Gasteiger charge is 2.17. The van der Waals surface area contributed by atoms with E-state index in [0.717, 1.165) is 38.3 Å². The molecule has 1 saturated heterocycles. The molecule has 3 aromatic rings. The lowest BCUT2D eigenvalue weighted by atomic mass is 10.1. The molecule has 6 heteroatoms. The number of hydrogen-bond acceptors (Lipinski definition) is 5. The Morgan fingerprint density at radius 1 is 0.938 bits per heavy atom. The minimum atomic E-state index is -0.204. The summed E-state index contributed by atoms with van der Waals surface area (Å²) in [5.74, 6) is -0.204. The fraction of sp³-hybridized carbons (Fsp3) is 0.231. The lowest BCUT2D eigenvalue weighted by Gasteiger charge is -2.36. The van der Waals surface area contributed by atoms with Crippen molar-refractivity contribution >= 4 is 29.6 Å². The summed E-state index contributed by atoms with van der Waals surface area (Å²) in [6.07, 6.45) is 3.70. The van der Waals surface area contributed by atoms with Crippen LogP contribution in [0.2, 0.25) is 0 Å². The Morgan fingerprint density at radius 2 is 1.62 bits per heavy atom. The van der Waals surface area contributed by atoms with Crippen LogP contribution in [0.15, 0.2) is 88.9 Å². The van der Waals surface area contributed by atoms with Crippen molar-refractivity contribution in [3.8, 4) is 0 Å². The Hall–Kier alpha value is -3.09. The number of benzene rings is 3. The van der Waals surface area contributed by atoms with E-state index in [-0.39, 0.29) is 5.91 Å². The molecule has 1 heterocycles. The van der Waals surface area contributed by atoms with E-state index >= 15 is 0 Å². The van der Waals surface area contributed by atoms with Crippen molar-refractivity contribution in [3.63, 3.8) is 0 Å². The molecule has 0 spiro atoms. The first kappa shape index (κ1) is 22.1. The summed E-state index contributed by atoms with van der Waals surface area (Å²) in [4.78, 5) is 18.5. The minimum Gasteiger partial charge on any atom is -0.369 e. The van der Waals surface area contributed by atoms with Gasteiger partial charge in [-0.1, -0.05) is 42.5 Å². The van der Waals surface area contributed by atoms with Crippen molar-refractivity contribution in [2.45, 2.75) is 11.4 Å². The summed E-state index contributed by atoms with van der Waals surface area (Å²) in [6.45, 7) is 5.02. The van der Waals surface area contributed by atoms with Gasteiger partial charge in [0, 0.05) is 48.9 Å². The van der Waals surface area contributed by atoms with Crippen LogP contribution in [0.1, 0.15) is 21.5 Å². The van der Waals surface area contributed by atoms with E-state index in [1.54, 1.807) is 18.0 Å². The third kappa shape index (κ3) is 5.99. The van der Waals surface area contributed by atoms with Gasteiger partial charge in [-0.25, -0.2) is 5.43 Å². The molecule has 0 unspecified atom stereocenters. The summed E-state index contributed by atoms with van der Waals surface area (Å²) in [6, 6.07) is 26.4. The molecule has 0 saturated carbocycles. The van der Waals surface area contributed by atoms with E-state index in [1.165, 1.54) is 16.1 Å². The van der Waals surface area contributed by atoms with Crippen molar-refractivity contribution in [2.24, 2.45) is 5.10 Å². The number of hydrogen-bond donors (Lipinski definition) is 1. The molecular formula is C26H28N4OS. The predicted octanol–water partition coefficient (Wildman–Crippen LogP) is 4.49. The number of hydrazone groups is 1. The zero-order valence-electron chi connectivity index (χ0n) is 18.3. The monoisotopic (exact) mass is 444 g/mol. The lowest BCUT2D eigenvalue weighted by Crippen LogP contribution is -2.45. The van der Waals surface area contributed by atoms with Gasteiger partial charge in [0.2, 0.25) is 0 Å². The average molecular weight is 445 g/mol. The van der Waals surface area contributed by atoms with Crippen LogP contribution in [0, 0.1) is 0 Å². The maximum absolute atomic E-state index is 12.4. The zero-order valence-corrected chi connectivity index (χ0v) is 19.1. The molecule has 1 amide bonds. The molecule has 4 rings (SSSR count). The quantitative estimate of drug-likeness (QED) is 0.331. The van der Waals surface area contributed by atoms with Gasteiger partial charge in [-0.15, -0.1) is 11.8 Å². The van der Waals surface area contributed by atoms with Crippen LogP contribution in [-0.2, 0) is 6.54 Å². The van der Waals surface area contributed by atoms with Crippen molar-refractivity contribution in [1.29, 1.82) is 0 Å². The molecular weight excluding hydrogens is 416 g/mol. The summed E-state index contributed by atoms with van der Waals surface area (Å²) in [5.41, 5.74) is 6.67. The molecule has 1 aliphatic heterocycles. The van der Waals surface area contributed by atoms with Crippen LogP contribution >= 0.6 is 11.8 Å². The largest absolute Gasteiger partial charge is 0.369 e. The first-order valence-electron chi connectivity index (χ1n) is 10.8. The number of nitrogens with zero attached hydrogens (tertiary/aromatic N) is 3. The van der Waals surface area contributed by atoms with Crippen molar-refractivity contribution in [2.75, 3.05) is 37.3 Å². The second-order valence-corrected chi connectivity index (χ2v) is 8.65. The number of carbonyl (C=O) groups is 1. The Bertz CT molecular complexity index is 1030. The van der Waals surface area contributed by atoms with Crippen LogP contribution in [-0.4, -0.2) is 49.5 Å². The van der Waals surface area contributed by atoms with Gasteiger partial charge in [0.05, 0.1) is 6.21 Å². The van der Waals surface area contributed by atoms with Gasteiger partial charge in [0.1, 0.15) is 0 Å². The third-order valence-corrected chi connectivity index (χ3v) is 6.36. The molecule has 1 aliphatic rings. The van der Waals surface area contributed by atoms with Gasteiger partial charge >= 0.3 is 0 Å². The maximum atomic E-state index is 12.4. The molecule has 1 fully saturated rings. The van der Waals surface area contributed by atoms with Crippen LogP contribution in [0.4, 0.5) is 5.69 Å². The van der Waals surface area contributed by atoms with Gasteiger partial charge < -0.3 is 4.90 Å². The molecule has 0 atom stereocenters. The number of nitrogens with one attached hydrogen (secondary N) is 1. The first-order chi connectivity index (χ1) is 15.7. The highest BCUT2D eigenvalue weighted by Crippen LogP contribution is 2.17. The van der Waals surface area contributed by atoms with E-state index in [2.05, 4.69) is 50.7 Å². The predicted molar refractivity (Wildman–Crippen MR) is 134 cm³/mol. The molecule has 0 aromatic heterocycles.